The first-order chi connectivity index (χ1) is 12.0. The molecule has 0 aliphatic heterocycles. The molecule has 0 aliphatic carbocycles. The largest absolute Gasteiger partial charge is 0.355 e. The molecule has 0 spiro atoms. The van der Waals surface area contributed by atoms with E-state index in [4.69, 9.17) is 0 Å². The minimum absolute atomic E-state index is 0.00698. The summed E-state index contributed by atoms with van der Waals surface area (Å²) < 4.78 is 15.1. The fraction of sp³-hybridized carbons (Fsp3) is 0.474. The molecule has 0 unspecified atom stereocenters. The summed E-state index contributed by atoms with van der Waals surface area (Å²) in [5.41, 5.74) is 3.21. The van der Waals surface area contributed by atoms with E-state index in [1.807, 2.05) is 6.92 Å². The van der Waals surface area contributed by atoms with Gasteiger partial charge >= 0.3 is 0 Å². The van der Waals surface area contributed by atoms with Crippen molar-refractivity contribution in [1.29, 1.82) is 0 Å². The maximum atomic E-state index is 12.9. The summed E-state index contributed by atoms with van der Waals surface area (Å²) in [7, 11) is 0. The summed E-state index contributed by atoms with van der Waals surface area (Å²) in [4.78, 5) is 16.6. The van der Waals surface area contributed by atoms with Gasteiger partial charge in [-0.3, -0.25) is 4.79 Å². The van der Waals surface area contributed by atoms with E-state index in [2.05, 4.69) is 28.7 Å². The number of aromatic nitrogens is 2. The van der Waals surface area contributed by atoms with Gasteiger partial charge in [0.25, 0.3) is 0 Å². The van der Waals surface area contributed by atoms with E-state index in [0.717, 1.165) is 35.8 Å². The van der Waals surface area contributed by atoms with Crippen molar-refractivity contribution in [3.8, 4) is 0 Å². The van der Waals surface area contributed by atoms with Gasteiger partial charge in [-0.2, -0.15) is 0 Å². The third kappa shape index (κ3) is 5.88. The summed E-state index contributed by atoms with van der Waals surface area (Å²) in [6.07, 6.45) is 2.93. The Labute approximate surface area is 153 Å². The Morgan fingerprint density at radius 2 is 2.00 bits per heavy atom. The van der Waals surface area contributed by atoms with Crippen LogP contribution in [0.2, 0.25) is 0 Å². The maximum absolute atomic E-state index is 12.9. The molecule has 0 fully saturated rings. The standard InChI is InChI=1S/C19H26FN3OS/c1-4-5-12-23-15(3)14(2)22-19(23)25-13-18(24)21-11-10-16-6-8-17(20)9-7-16/h6-9H,4-5,10-13H2,1-3H3,(H,21,24). The molecule has 6 heteroatoms. The van der Waals surface area contributed by atoms with Crippen molar-refractivity contribution in [2.45, 2.75) is 51.7 Å². The highest BCUT2D eigenvalue weighted by atomic mass is 32.2. The summed E-state index contributed by atoms with van der Waals surface area (Å²) in [6, 6.07) is 6.36. The molecule has 0 atom stereocenters. The van der Waals surface area contributed by atoms with Crippen molar-refractivity contribution in [2.75, 3.05) is 12.3 Å². The smallest absolute Gasteiger partial charge is 0.230 e. The zero-order valence-corrected chi connectivity index (χ0v) is 16.0. The minimum Gasteiger partial charge on any atom is -0.355 e. The number of amides is 1. The number of nitrogens with one attached hydrogen (secondary N) is 1. The second-order valence-corrected chi connectivity index (χ2v) is 7.03. The van der Waals surface area contributed by atoms with Gasteiger partial charge in [0.15, 0.2) is 5.16 Å². The lowest BCUT2D eigenvalue weighted by Gasteiger charge is -2.09. The lowest BCUT2D eigenvalue weighted by atomic mass is 10.1. The van der Waals surface area contributed by atoms with Gasteiger partial charge in [-0.15, -0.1) is 0 Å². The van der Waals surface area contributed by atoms with E-state index in [-0.39, 0.29) is 11.7 Å². The molecule has 0 aliphatic rings. The van der Waals surface area contributed by atoms with Crippen LogP contribution in [0, 0.1) is 19.7 Å². The second-order valence-electron chi connectivity index (χ2n) is 6.09. The molecule has 1 heterocycles. The summed E-state index contributed by atoms with van der Waals surface area (Å²) in [5, 5.41) is 3.82. The van der Waals surface area contributed by atoms with Crippen molar-refractivity contribution < 1.29 is 9.18 Å². The third-order valence-corrected chi connectivity index (χ3v) is 5.12. The van der Waals surface area contributed by atoms with Gasteiger partial charge in [0.1, 0.15) is 5.82 Å². The monoisotopic (exact) mass is 363 g/mol. The van der Waals surface area contributed by atoms with Gasteiger partial charge in [0, 0.05) is 18.8 Å². The van der Waals surface area contributed by atoms with Gasteiger partial charge < -0.3 is 9.88 Å². The molecule has 4 nitrogen and oxygen atoms in total. The van der Waals surface area contributed by atoms with Crippen LogP contribution in [0.25, 0.3) is 0 Å². The number of rotatable bonds is 9. The van der Waals surface area contributed by atoms with Gasteiger partial charge in [-0.1, -0.05) is 37.2 Å². The molecule has 0 saturated carbocycles. The van der Waals surface area contributed by atoms with Crippen LogP contribution in [0.1, 0.15) is 36.7 Å². The van der Waals surface area contributed by atoms with E-state index in [1.54, 1.807) is 12.1 Å². The molecule has 2 rings (SSSR count). The zero-order valence-electron chi connectivity index (χ0n) is 15.1. The first kappa shape index (κ1) is 19.5. The van der Waals surface area contributed by atoms with Gasteiger partial charge in [-0.25, -0.2) is 9.37 Å². The Morgan fingerprint density at radius 1 is 1.28 bits per heavy atom. The molecule has 1 N–H and O–H groups in total. The normalized spacial score (nSPS) is 10.9. The lowest BCUT2D eigenvalue weighted by molar-refractivity contribution is -0.118. The number of hydrogen-bond acceptors (Lipinski definition) is 3. The Morgan fingerprint density at radius 3 is 2.68 bits per heavy atom. The molecule has 1 aromatic heterocycles. The van der Waals surface area contributed by atoms with Crippen molar-refractivity contribution in [2.24, 2.45) is 0 Å². The number of hydrogen-bond donors (Lipinski definition) is 1. The highest BCUT2D eigenvalue weighted by Crippen LogP contribution is 2.21. The fourth-order valence-electron chi connectivity index (χ4n) is 2.49. The SMILES string of the molecule is CCCCn1c(SCC(=O)NCCc2ccc(F)cc2)nc(C)c1C. The Balaban J connectivity index is 1.79. The van der Waals surface area contributed by atoms with Gasteiger partial charge in [-0.05, 0) is 44.4 Å². The predicted octanol–water partition coefficient (Wildman–Crippen LogP) is 3.89. The first-order valence-corrected chi connectivity index (χ1v) is 9.67. The molecule has 136 valence electrons. The number of thioether (sulfide) groups is 1. The van der Waals surface area contributed by atoms with E-state index < -0.39 is 0 Å². The number of nitrogens with zero attached hydrogens (tertiary/aromatic N) is 2. The Bertz CT molecular complexity index is 697. The number of carbonyl (C=O) groups is 1. The number of aryl methyl sites for hydroxylation is 1. The summed E-state index contributed by atoms with van der Waals surface area (Å²) in [6.45, 7) is 7.74. The summed E-state index contributed by atoms with van der Waals surface area (Å²) >= 11 is 1.48. The molecular formula is C19H26FN3OS. The van der Waals surface area contributed by atoms with E-state index in [0.29, 0.717) is 18.7 Å². The molecule has 0 radical (unpaired) electrons. The quantitative estimate of drug-likeness (QED) is 0.688. The molecule has 0 saturated heterocycles. The molecule has 0 bridgehead atoms. The van der Waals surface area contributed by atoms with Crippen molar-refractivity contribution in [1.82, 2.24) is 14.9 Å². The van der Waals surface area contributed by atoms with E-state index in [1.165, 1.54) is 29.6 Å². The van der Waals surface area contributed by atoms with Crippen LogP contribution in [0.4, 0.5) is 4.39 Å². The van der Waals surface area contributed by atoms with Crippen molar-refractivity contribution in [3.63, 3.8) is 0 Å². The zero-order chi connectivity index (χ0) is 18.2. The van der Waals surface area contributed by atoms with Gasteiger partial charge in [0.2, 0.25) is 5.91 Å². The average Bonchev–Trinajstić information content (AvgIpc) is 2.87. The highest BCUT2D eigenvalue weighted by molar-refractivity contribution is 7.99. The third-order valence-electron chi connectivity index (χ3n) is 4.14. The summed E-state index contributed by atoms with van der Waals surface area (Å²) in [5.74, 6) is 0.103. The Kier molecular flexibility index (Phi) is 7.50. The number of unbranched alkanes of at least 4 members (excludes halogenated alkanes) is 1. The van der Waals surface area contributed by atoms with E-state index >= 15 is 0 Å². The van der Waals surface area contributed by atoms with Crippen LogP contribution in [0.3, 0.4) is 0 Å². The molecule has 1 aromatic carbocycles. The first-order valence-electron chi connectivity index (χ1n) is 8.69. The van der Waals surface area contributed by atoms with Crippen LogP contribution in [-0.4, -0.2) is 27.8 Å². The van der Waals surface area contributed by atoms with Crippen LogP contribution in [0.15, 0.2) is 29.4 Å². The van der Waals surface area contributed by atoms with Crippen LogP contribution in [0.5, 0.6) is 0 Å². The van der Waals surface area contributed by atoms with Crippen LogP contribution < -0.4 is 5.32 Å². The highest BCUT2D eigenvalue weighted by Gasteiger charge is 2.12. The van der Waals surface area contributed by atoms with Crippen LogP contribution in [-0.2, 0) is 17.8 Å². The minimum atomic E-state index is -0.242. The molecular weight excluding hydrogens is 337 g/mol. The molecule has 2 aromatic rings. The second kappa shape index (κ2) is 9.61. The van der Waals surface area contributed by atoms with Crippen molar-refractivity contribution in [3.05, 3.63) is 47.0 Å². The fourth-order valence-corrected chi connectivity index (χ4v) is 3.44. The van der Waals surface area contributed by atoms with Crippen molar-refractivity contribution >= 4 is 17.7 Å². The number of halogens is 1. The molecule has 1 amide bonds. The number of imidazole rings is 1. The van der Waals surface area contributed by atoms with E-state index in [9.17, 15) is 9.18 Å². The molecule has 25 heavy (non-hydrogen) atoms. The maximum Gasteiger partial charge on any atom is 0.230 e. The van der Waals surface area contributed by atoms with Gasteiger partial charge in [0.05, 0.1) is 11.4 Å². The lowest BCUT2D eigenvalue weighted by Crippen LogP contribution is -2.27. The average molecular weight is 364 g/mol. The number of benzene rings is 1. The predicted molar refractivity (Wildman–Crippen MR) is 100 cm³/mol. The Hall–Kier alpha value is -1.82. The number of carbonyl (C=O) groups excluding carboxylic acids is 1. The van der Waals surface area contributed by atoms with Crippen LogP contribution >= 0.6 is 11.8 Å². The topological polar surface area (TPSA) is 46.9 Å².